The summed E-state index contributed by atoms with van der Waals surface area (Å²) in [5.74, 6) is 0. The van der Waals surface area contributed by atoms with Gasteiger partial charge in [0, 0.05) is 24.7 Å². The van der Waals surface area contributed by atoms with Gasteiger partial charge in [-0.2, -0.15) is 4.31 Å². The fraction of sp³-hybridized carbons (Fsp3) is 0.500. The van der Waals surface area contributed by atoms with E-state index in [0.717, 1.165) is 12.8 Å². The van der Waals surface area contributed by atoms with Crippen LogP contribution in [0.1, 0.15) is 12.8 Å². The lowest BCUT2D eigenvalue weighted by molar-refractivity contribution is 0.177. The highest BCUT2D eigenvalue weighted by molar-refractivity contribution is 7.89. The van der Waals surface area contributed by atoms with E-state index in [2.05, 4.69) is 0 Å². The summed E-state index contributed by atoms with van der Waals surface area (Å²) in [6.07, 6.45) is 1.68. The molecule has 112 valence electrons. The first-order valence-corrected chi connectivity index (χ1v) is 8.33. The molecule has 2 rings (SSSR count). The molecule has 1 fully saturated rings. The van der Waals surface area contributed by atoms with Crippen LogP contribution in [0.3, 0.4) is 0 Å². The van der Waals surface area contributed by atoms with Gasteiger partial charge in [0.15, 0.2) is 0 Å². The average molecular weight is 339 g/mol. The molecule has 0 bridgehead atoms. The number of nitrogen functional groups attached to an aromatic ring is 1. The minimum Gasteiger partial charge on any atom is -0.398 e. The maximum Gasteiger partial charge on any atom is 0.246 e. The fourth-order valence-electron chi connectivity index (χ4n) is 2.01. The summed E-state index contributed by atoms with van der Waals surface area (Å²) < 4.78 is 31.8. The van der Waals surface area contributed by atoms with Crippen molar-refractivity contribution in [1.82, 2.24) is 4.31 Å². The minimum absolute atomic E-state index is 0.00120. The highest BCUT2D eigenvalue weighted by atomic mass is 35.5. The molecule has 8 heteroatoms. The van der Waals surface area contributed by atoms with E-state index in [-0.39, 0.29) is 28.2 Å². The maximum absolute atomic E-state index is 12.7. The van der Waals surface area contributed by atoms with E-state index in [4.69, 9.17) is 33.7 Å². The molecule has 0 aliphatic heterocycles. The molecule has 1 aromatic rings. The normalized spacial score (nSPS) is 15.8. The molecule has 0 amide bonds. The number of hydrogen-bond acceptors (Lipinski definition) is 4. The van der Waals surface area contributed by atoms with Crippen LogP contribution >= 0.6 is 23.2 Å². The summed E-state index contributed by atoms with van der Waals surface area (Å²) >= 11 is 11.8. The molecule has 0 atom stereocenters. The zero-order chi connectivity index (χ0) is 14.9. The Hall–Kier alpha value is -0.530. The molecule has 1 saturated carbocycles. The summed E-state index contributed by atoms with van der Waals surface area (Å²) in [5.41, 5.74) is 5.85. The molecule has 5 nitrogen and oxygen atoms in total. The molecule has 0 unspecified atom stereocenters. The van der Waals surface area contributed by atoms with Crippen molar-refractivity contribution < 1.29 is 13.2 Å². The Morgan fingerprint density at radius 1 is 1.40 bits per heavy atom. The molecule has 0 heterocycles. The van der Waals surface area contributed by atoms with Crippen molar-refractivity contribution in [2.75, 3.05) is 26.0 Å². The average Bonchev–Trinajstić information content (AvgIpc) is 3.11. The fourth-order valence-corrected chi connectivity index (χ4v) is 4.63. The van der Waals surface area contributed by atoms with Crippen LogP contribution in [0.25, 0.3) is 0 Å². The highest BCUT2D eigenvalue weighted by Crippen LogP contribution is 2.37. The van der Waals surface area contributed by atoms with Crippen molar-refractivity contribution in [3.63, 3.8) is 0 Å². The van der Waals surface area contributed by atoms with Gasteiger partial charge in [0.05, 0.1) is 17.3 Å². The van der Waals surface area contributed by atoms with Crippen LogP contribution in [-0.4, -0.2) is 39.0 Å². The summed E-state index contributed by atoms with van der Waals surface area (Å²) in [5, 5.41) is 0.347. The lowest BCUT2D eigenvalue weighted by Crippen LogP contribution is -2.36. The summed E-state index contributed by atoms with van der Waals surface area (Å²) in [6.45, 7) is 0.600. The number of rotatable bonds is 6. The Morgan fingerprint density at radius 2 is 2.05 bits per heavy atom. The van der Waals surface area contributed by atoms with Crippen molar-refractivity contribution >= 4 is 38.9 Å². The van der Waals surface area contributed by atoms with Gasteiger partial charge in [0.2, 0.25) is 10.0 Å². The van der Waals surface area contributed by atoms with Crippen molar-refractivity contribution in [1.29, 1.82) is 0 Å². The van der Waals surface area contributed by atoms with E-state index < -0.39 is 10.0 Å². The number of nitrogens with two attached hydrogens (primary N) is 1. The van der Waals surface area contributed by atoms with Crippen LogP contribution in [0.4, 0.5) is 5.69 Å². The van der Waals surface area contributed by atoms with E-state index in [1.54, 1.807) is 0 Å². The van der Waals surface area contributed by atoms with Crippen LogP contribution in [-0.2, 0) is 14.8 Å². The Balaban J connectivity index is 2.42. The topological polar surface area (TPSA) is 72.6 Å². The number of halogens is 2. The summed E-state index contributed by atoms with van der Waals surface area (Å²) in [4.78, 5) is -0.0773. The first-order chi connectivity index (χ1) is 9.37. The number of ether oxygens (including phenoxy) is 1. The van der Waals surface area contributed by atoms with Crippen LogP contribution in [0.2, 0.25) is 10.0 Å². The standard InChI is InChI=1S/C12H16Cl2N2O3S/c1-19-5-4-16(9-2-3-9)20(17,18)12-10(14)6-8(13)7-11(12)15/h6-7,9H,2-5,15H2,1H3. The van der Waals surface area contributed by atoms with E-state index >= 15 is 0 Å². The smallest absolute Gasteiger partial charge is 0.246 e. The Labute approximate surface area is 128 Å². The van der Waals surface area contributed by atoms with E-state index in [1.807, 2.05) is 0 Å². The Morgan fingerprint density at radius 3 is 2.55 bits per heavy atom. The number of hydrogen-bond donors (Lipinski definition) is 1. The van der Waals surface area contributed by atoms with Crippen LogP contribution in [0.5, 0.6) is 0 Å². The molecule has 0 radical (unpaired) electrons. The SMILES string of the molecule is COCCN(C1CC1)S(=O)(=O)c1c(N)cc(Cl)cc1Cl. The molecular formula is C12H16Cl2N2O3S. The van der Waals surface area contributed by atoms with Gasteiger partial charge in [0.25, 0.3) is 0 Å². The summed E-state index contributed by atoms with van der Waals surface area (Å²) in [7, 11) is -2.22. The third-order valence-electron chi connectivity index (χ3n) is 3.07. The zero-order valence-electron chi connectivity index (χ0n) is 11.0. The second-order valence-electron chi connectivity index (χ2n) is 4.65. The maximum atomic E-state index is 12.7. The van der Waals surface area contributed by atoms with Crippen LogP contribution in [0.15, 0.2) is 17.0 Å². The molecule has 1 aliphatic rings. The summed E-state index contributed by atoms with van der Waals surface area (Å²) in [6, 6.07) is 2.77. The lowest BCUT2D eigenvalue weighted by Gasteiger charge is -2.23. The van der Waals surface area contributed by atoms with Gasteiger partial charge in [0.1, 0.15) is 4.90 Å². The molecule has 0 spiro atoms. The molecule has 1 aromatic carbocycles. The number of sulfonamides is 1. The predicted molar refractivity (Wildman–Crippen MR) is 79.7 cm³/mol. The predicted octanol–water partition coefficient (Wildman–Crippen LogP) is 2.38. The number of methoxy groups -OCH3 is 1. The van der Waals surface area contributed by atoms with Gasteiger partial charge in [-0.1, -0.05) is 23.2 Å². The van der Waals surface area contributed by atoms with Gasteiger partial charge >= 0.3 is 0 Å². The third-order valence-corrected chi connectivity index (χ3v) is 5.77. The van der Waals surface area contributed by atoms with Crippen LogP contribution in [0, 0.1) is 0 Å². The number of benzene rings is 1. The van der Waals surface area contributed by atoms with Gasteiger partial charge < -0.3 is 10.5 Å². The van der Waals surface area contributed by atoms with Crippen molar-refractivity contribution in [2.24, 2.45) is 0 Å². The van der Waals surface area contributed by atoms with E-state index in [9.17, 15) is 8.42 Å². The first kappa shape index (κ1) is 15.9. The monoisotopic (exact) mass is 338 g/mol. The highest BCUT2D eigenvalue weighted by Gasteiger charge is 2.39. The van der Waals surface area contributed by atoms with Gasteiger partial charge in [-0.3, -0.25) is 0 Å². The second kappa shape index (κ2) is 6.07. The minimum atomic E-state index is -3.75. The first-order valence-electron chi connectivity index (χ1n) is 6.13. The number of nitrogens with zero attached hydrogens (tertiary/aromatic N) is 1. The van der Waals surface area contributed by atoms with Crippen LogP contribution < -0.4 is 5.73 Å². The quantitative estimate of drug-likeness (QED) is 0.808. The Bertz CT molecular complexity index is 580. The third kappa shape index (κ3) is 3.20. The molecule has 0 saturated heterocycles. The Kier molecular flexibility index (Phi) is 4.81. The van der Waals surface area contributed by atoms with E-state index in [1.165, 1.54) is 23.5 Å². The molecular weight excluding hydrogens is 323 g/mol. The molecule has 20 heavy (non-hydrogen) atoms. The lowest BCUT2D eigenvalue weighted by atomic mass is 10.3. The zero-order valence-corrected chi connectivity index (χ0v) is 13.3. The van der Waals surface area contributed by atoms with Gasteiger partial charge in [-0.25, -0.2) is 8.42 Å². The largest absolute Gasteiger partial charge is 0.398 e. The van der Waals surface area contributed by atoms with Crippen molar-refractivity contribution in [3.05, 3.63) is 22.2 Å². The van der Waals surface area contributed by atoms with Gasteiger partial charge in [-0.15, -0.1) is 0 Å². The van der Waals surface area contributed by atoms with Crippen molar-refractivity contribution in [2.45, 2.75) is 23.8 Å². The van der Waals surface area contributed by atoms with E-state index in [0.29, 0.717) is 11.6 Å². The van der Waals surface area contributed by atoms with Crippen molar-refractivity contribution in [3.8, 4) is 0 Å². The second-order valence-corrected chi connectivity index (χ2v) is 7.32. The number of anilines is 1. The molecule has 0 aromatic heterocycles. The van der Waals surface area contributed by atoms with Gasteiger partial charge in [-0.05, 0) is 25.0 Å². The molecule has 2 N–H and O–H groups in total. The molecule has 1 aliphatic carbocycles.